The van der Waals surface area contributed by atoms with Crippen molar-refractivity contribution >= 4 is 23.3 Å². The molecular formula is C24H36N6O3. The highest BCUT2D eigenvalue weighted by atomic mass is 16.5. The van der Waals surface area contributed by atoms with Crippen LogP contribution in [0.2, 0.25) is 0 Å². The predicted octanol–water partition coefficient (Wildman–Crippen LogP) is 1.19. The predicted molar refractivity (Wildman–Crippen MR) is 125 cm³/mol. The molecule has 1 atom stereocenters. The highest BCUT2D eigenvalue weighted by molar-refractivity contribution is 5.84. The lowest BCUT2D eigenvalue weighted by atomic mass is 9.87. The summed E-state index contributed by atoms with van der Waals surface area (Å²) in [5.74, 6) is 2.37. The average Bonchev–Trinajstić information content (AvgIpc) is 3.38. The van der Waals surface area contributed by atoms with Gasteiger partial charge in [0.2, 0.25) is 5.91 Å². The molecule has 1 saturated carbocycles. The van der Waals surface area contributed by atoms with Gasteiger partial charge in [0.15, 0.2) is 11.6 Å². The van der Waals surface area contributed by atoms with E-state index in [-0.39, 0.29) is 11.8 Å². The van der Waals surface area contributed by atoms with Gasteiger partial charge in [0.1, 0.15) is 5.78 Å². The number of amides is 1. The number of aromatic nitrogens is 2. The number of Topliss-reactive ketones (excluding diaryl/α,β-unsaturated/α-hetero) is 1. The van der Waals surface area contributed by atoms with Crippen LogP contribution in [-0.2, 0) is 14.3 Å². The monoisotopic (exact) mass is 456 g/mol. The van der Waals surface area contributed by atoms with E-state index in [9.17, 15) is 9.59 Å². The van der Waals surface area contributed by atoms with Crippen LogP contribution in [-0.4, -0.2) is 103 Å². The van der Waals surface area contributed by atoms with E-state index >= 15 is 0 Å². The van der Waals surface area contributed by atoms with Gasteiger partial charge in [-0.2, -0.15) is 0 Å². The molecule has 1 unspecified atom stereocenters. The first kappa shape index (κ1) is 22.5. The van der Waals surface area contributed by atoms with Gasteiger partial charge in [-0.25, -0.2) is 0 Å². The van der Waals surface area contributed by atoms with Gasteiger partial charge in [-0.15, -0.1) is 10.2 Å². The van der Waals surface area contributed by atoms with Gasteiger partial charge in [-0.1, -0.05) is 0 Å². The second-order valence-electron chi connectivity index (χ2n) is 9.80. The molecule has 180 valence electrons. The van der Waals surface area contributed by atoms with E-state index in [1.807, 2.05) is 4.90 Å². The summed E-state index contributed by atoms with van der Waals surface area (Å²) in [5.41, 5.74) is 0. The van der Waals surface area contributed by atoms with Crippen LogP contribution in [0.1, 0.15) is 38.5 Å². The van der Waals surface area contributed by atoms with Crippen LogP contribution >= 0.6 is 0 Å². The Balaban J connectivity index is 1.07. The molecule has 4 fully saturated rings. The molecule has 4 aliphatic rings. The van der Waals surface area contributed by atoms with Crippen molar-refractivity contribution in [2.45, 2.75) is 44.6 Å². The molecule has 1 aromatic heterocycles. The molecule has 9 nitrogen and oxygen atoms in total. The summed E-state index contributed by atoms with van der Waals surface area (Å²) in [6.45, 7) is 8.93. The zero-order valence-corrected chi connectivity index (χ0v) is 19.5. The fraction of sp³-hybridized carbons (Fsp3) is 0.750. The zero-order chi connectivity index (χ0) is 22.6. The van der Waals surface area contributed by atoms with E-state index in [0.717, 1.165) is 64.1 Å². The van der Waals surface area contributed by atoms with E-state index in [4.69, 9.17) is 4.74 Å². The Bertz CT molecular complexity index is 802. The van der Waals surface area contributed by atoms with Crippen LogP contribution in [0.15, 0.2) is 12.1 Å². The van der Waals surface area contributed by atoms with Gasteiger partial charge in [-0.05, 0) is 37.8 Å². The fourth-order valence-corrected chi connectivity index (χ4v) is 5.49. The first-order valence-electron chi connectivity index (χ1n) is 12.6. The third-order valence-corrected chi connectivity index (χ3v) is 7.63. The quantitative estimate of drug-likeness (QED) is 0.654. The third kappa shape index (κ3) is 5.46. The summed E-state index contributed by atoms with van der Waals surface area (Å²) in [6, 6.07) is 4.14. The molecular weight excluding hydrogens is 420 g/mol. The topological polar surface area (TPSA) is 82.1 Å². The molecule has 4 heterocycles. The summed E-state index contributed by atoms with van der Waals surface area (Å²) in [4.78, 5) is 33.2. The molecule has 0 aromatic carbocycles. The molecule has 3 saturated heterocycles. The standard InChI is InChI=1S/C24H36N6O3/c31-20-5-3-19(4-6-20)24(32)30-15-13-29(14-16-30)23-8-7-22(25-26-23)28-11-9-27(10-12-28)18-21-2-1-17-33-21/h7-8,19,21H,1-6,9-18H2. The molecule has 1 aromatic rings. The number of nitrogens with zero attached hydrogens (tertiary/aromatic N) is 6. The number of piperazine rings is 2. The highest BCUT2D eigenvalue weighted by Gasteiger charge is 2.31. The van der Waals surface area contributed by atoms with Crippen LogP contribution in [0, 0.1) is 5.92 Å². The van der Waals surface area contributed by atoms with E-state index in [2.05, 4.69) is 37.0 Å². The normalized spacial score (nSPS) is 25.6. The van der Waals surface area contributed by atoms with Crippen molar-refractivity contribution in [3.8, 4) is 0 Å². The van der Waals surface area contributed by atoms with Gasteiger partial charge in [0, 0.05) is 84.3 Å². The average molecular weight is 457 g/mol. The van der Waals surface area contributed by atoms with E-state index < -0.39 is 0 Å². The molecule has 9 heteroatoms. The number of rotatable bonds is 5. The molecule has 1 amide bonds. The summed E-state index contributed by atoms with van der Waals surface area (Å²) in [6.07, 6.45) is 5.35. The minimum absolute atomic E-state index is 0.0273. The number of anilines is 2. The fourth-order valence-electron chi connectivity index (χ4n) is 5.49. The zero-order valence-electron chi connectivity index (χ0n) is 19.5. The third-order valence-electron chi connectivity index (χ3n) is 7.63. The number of ketones is 1. The number of hydrogen-bond donors (Lipinski definition) is 0. The first-order valence-corrected chi connectivity index (χ1v) is 12.6. The van der Waals surface area contributed by atoms with Crippen molar-refractivity contribution < 1.29 is 14.3 Å². The van der Waals surface area contributed by atoms with Crippen molar-refractivity contribution in [2.24, 2.45) is 5.92 Å². The number of carbonyl (C=O) groups excluding carboxylic acids is 2. The van der Waals surface area contributed by atoms with Crippen LogP contribution in [0.4, 0.5) is 11.6 Å². The van der Waals surface area contributed by atoms with Gasteiger partial charge < -0.3 is 19.4 Å². The first-order chi connectivity index (χ1) is 16.2. The maximum Gasteiger partial charge on any atom is 0.225 e. The summed E-state index contributed by atoms with van der Waals surface area (Å²) >= 11 is 0. The molecule has 33 heavy (non-hydrogen) atoms. The molecule has 5 rings (SSSR count). The van der Waals surface area contributed by atoms with Gasteiger partial charge >= 0.3 is 0 Å². The molecule has 0 spiro atoms. The molecule has 0 radical (unpaired) electrons. The second kappa shape index (κ2) is 10.3. The van der Waals surface area contributed by atoms with Crippen LogP contribution in [0.3, 0.4) is 0 Å². The maximum atomic E-state index is 12.8. The SMILES string of the molecule is O=C1CCC(C(=O)N2CCN(c3ccc(N4CCN(CC5CCCO5)CC4)nn3)CC2)CC1. The van der Waals surface area contributed by atoms with Crippen molar-refractivity contribution in [1.82, 2.24) is 20.0 Å². The van der Waals surface area contributed by atoms with Crippen LogP contribution in [0.5, 0.6) is 0 Å². The summed E-state index contributed by atoms with van der Waals surface area (Å²) in [5, 5.41) is 9.03. The van der Waals surface area contributed by atoms with Gasteiger partial charge in [0.05, 0.1) is 6.10 Å². The number of carbonyl (C=O) groups is 2. The Morgan fingerprint density at radius 3 is 2.03 bits per heavy atom. The minimum Gasteiger partial charge on any atom is -0.377 e. The summed E-state index contributed by atoms with van der Waals surface area (Å²) < 4.78 is 5.78. The lowest BCUT2D eigenvalue weighted by Gasteiger charge is -2.38. The van der Waals surface area contributed by atoms with Crippen molar-refractivity contribution in [3.05, 3.63) is 12.1 Å². The highest BCUT2D eigenvalue weighted by Crippen LogP contribution is 2.25. The Kier molecular flexibility index (Phi) is 7.06. The second-order valence-corrected chi connectivity index (χ2v) is 9.80. The number of hydrogen-bond acceptors (Lipinski definition) is 8. The molecule has 0 bridgehead atoms. The van der Waals surface area contributed by atoms with E-state index in [1.54, 1.807) is 0 Å². The molecule has 0 N–H and O–H groups in total. The van der Waals surface area contributed by atoms with Gasteiger partial charge in [0.25, 0.3) is 0 Å². The number of ether oxygens (including phenoxy) is 1. The Morgan fingerprint density at radius 2 is 1.48 bits per heavy atom. The van der Waals surface area contributed by atoms with E-state index in [0.29, 0.717) is 50.7 Å². The summed E-state index contributed by atoms with van der Waals surface area (Å²) in [7, 11) is 0. The van der Waals surface area contributed by atoms with E-state index in [1.165, 1.54) is 12.8 Å². The Morgan fingerprint density at radius 1 is 0.879 bits per heavy atom. The maximum absolute atomic E-state index is 12.8. The minimum atomic E-state index is 0.0273. The largest absolute Gasteiger partial charge is 0.377 e. The lowest BCUT2D eigenvalue weighted by molar-refractivity contribution is -0.137. The molecule has 3 aliphatic heterocycles. The lowest BCUT2D eigenvalue weighted by Crippen LogP contribution is -2.51. The van der Waals surface area contributed by atoms with Crippen LogP contribution < -0.4 is 9.80 Å². The van der Waals surface area contributed by atoms with Gasteiger partial charge in [-0.3, -0.25) is 14.5 Å². The smallest absolute Gasteiger partial charge is 0.225 e. The van der Waals surface area contributed by atoms with Crippen LogP contribution in [0.25, 0.3) is 0 Å². The van der Waals surface area contributed by atoms with Crippen molar-refractivity contribution in [1.29, 1.82) is 0 Å². The molecule has 1 aliphatic carbocycles. The van der Waals surface area contributed by atoms with Crippen molar-refractivity contribution in [2.75, 3.05) is 75.3 Å². The Labute approximate surface area is 196 Å². The van der Waals surface area contributed by atoms with Crippen molar-refractivity contribution in [3.63, 3.8) is 0 Å². The Hall–Kier alpha value is -2.26.